The van der Waals surface area contributed by atoms with Gasteiger partial charge in [0.15, 0.2) is 0 Å². The van der Waals surface area contributed by atoms with Crippen molar-refractivity contribution in [2.45, 2.75) is 48.0 Å². The Morgan fingerprint density at radius 2 is 1.52 bits per heavy atom. The minimum atomic E-state index is 0.913. The lowest BCUT2D eigenvalue weighted by Crippen LogP contribution is -1.91. The largest absolute Gasteiger partial charge is 0.135 e. The molecule has 1 aliphatic carbocycles. The molecular weight excluding hydrogens is 613 g/mol. The van der Waals surface area contributed by atoms with Crippen molar-refractivity contribution < 1.29 is 0 Å². The average molecular weight is 655 g/mol. The Morgan fingerprint density at radius 3 is 2.17 bits per heavy atom. The van der Waals surface area contributed by atoms with Crippen molar-refractivity contribution in [1.29, 1.82) is 0 Å². The topological polar surface area (TPSA) is 0 Å². The van der Waals surface area contributed by atoms with E-state index in [1.165, 1.54) is 90.1 Å². The molecular formula is C43H42S3. The molecule has 0 N–H and O–H groups in total. The SMILES string of the molecule is C=Cc1sc2c(C3=CCC(C)=Cc4c3sc(C(=C\C)/C(=C/C=C\C)c3sc(/C=C\C)c(C=C)c3C)c4C=C)cccc2c1/C=C\C. The lowest BCUT2D eigenvalue weighted by atomic mass is 9.93. The Balaban J connectivity index is 1.78. The van der Waals surface area contributed by atoms with Crippen molar-refractivity contribution in [3.63, 3.8) is 0 Å². The van der Waals surface area contributed by atoms with Crippen LogP contribution >= 0.6 is 34.0 Å². The number of hydrogen-bond donors (Lipinski definition) is 0. The van der Waals surface area contributed by atoms with E-state index in [-0.39, 0.29) is 0 Å². The lowest BCUT2D eigenvalue weighted by Gasteiger charge is -2.13. The first-order valence-electron chi connectivity index (χ1n) is 15.7. The molecule has 3 aromatic heterocycles. The third-order valence-electron chi connectivity index (χ3n) is 8.31. The fraction of sp³-hybridized carbons (Fsp3) is 0.163. The number of benzene rings is 1. The van der Waals surface area contributed by atoms with Gasteiger partial charge in [0.2, 0.25) is 0 Å². The van der Waals surface area contributed by atoms with E-state index in [0.29, 0.717) is 0 Å². The van der Waals surface area contributed by atoms with Crippen LogP contribution in [0.4, 0.5) is 0 Å². The number of rotatable bonds is 10. The third kappa shape index (κ3) is 5.96. The highest BCUT2D eigenvalue weighted by Gasteiger charge is 2.27. The van der Waals surface area contributed by atoms with E-state index in [2.05, 4.69) is 146 Å². The maximum atomic E-state index is 4.37. The Bertz CT molecular complexity index is 2060. The molecule has 1 aromatic carbocycles. The Morgan fingerprint density at radius 1 is 0.761 bits per heavy atom. The summed E-state index contributed by atoms with van der Waals surface area (Å²) in [5.74, 6) is 0. The van der Waals surface area contributed by atoms with Crippen LogP contribution in [0.1, 0.15) is 98.8 Å². The molecule has 5 rings (SSSR count). The van der Waals surface area contributed by atoms with E-state index in [4.69, 9.17) is 0 Å². The van der Waals surface area contributed by atoms with Crippen molar-refractivity contribution in [2.24, 2.45) is 0 Å². The summed E-state index contributed by atoms with van der Waals surface area (Å²) in [6.45, 7) is 25.5. The quantitative estimate of drug-likeness (QED) is 0.149. The van der Waals surface area contributed by atoms with Crippen LogP contribution < -0.4 is 0 Å². The molecule has 0 radical (unpaired) electrons. The molecule has 0 amide bonds. The zero-order valence-corrected chi connectivity index (χ0v) is 30.2. The van der Waals surface area contributed by atoms with Crippen molar-refractivity contribution >= 4 is 97.3 Å². The van der Waals surface area contributed by atoms with E-state index >= 15 is 0 Å². The first-order chi connectivity index (χ1) is 22.4. The molecule has 3 heteroatoms. The molecule has 0 spiro atoms. The van der Waals surface area contributed by atoms with Gasteiger partial charge in [-0.2, -0.15) is 0 Å². The summed E-state index contributed by atoms with van der Waals surface area (Å²) in [4.78, 5) is 6.26. The summed E-state index contributed by atoms with van der Waals surface area (Å²) in [7, 11) is 0. The van der Waals surface area contributed by atoms with Gasteiger partial charge in [-0.1, -0.05) is 116 Å². The second-order valence-electron chi connectivity index (χ2n) is 11.2. The van der Waals surface area contributed by atoms with Gasteiger partial charge in [-0.05, 0) is 81.9 Å². The second-order valence-corrected chi connectivity index (χ2v) is 14.3. The average Bonchev–Trinajstić information content (AvgIpc) is 3.66. The van der Waals surface area contributed by atoms with Gasteiger partial charge in [0.25, 0.3) is 0 Å². The minimum Gasteiger partial charge on any atom is -0.135 e. The fourth-order valence-corrected chi connectivity index (χ4v) is 10.1. The molecule has 4 aromatic rings. The smallest absolute Gasteiger partial charge is 0.0434 e. The van der Waals surface area contributed by atoms with E-state index in [0.717, 1.165) is 6.42 Å². The summed E-state index contributed by atoms with van der Waals surface area (Å²) in [5, 5.41) is 1.28. The molecule has 232 valence electrons. The van der Waals surface area contributed by atoms with Gasteiger partial charge >= 0.3 is 0 Å². The van der Waals surface area contributed by atoms with E-state index in [1.807, 2.05) is 46.2 Å². The molecule has 0 atom stereocenters. The van der Waals surface area contributed by atoms with Crippen LogP contribution in [-0.4, -0.2) is 0 Å². The van der Waals surface area contributed by atoms with Crippen LogP contribution in [0.5, 0.6) is 0 Å². The highest BCUT2D eigenvalue weighted by Crippen LogP contribution is 2.50. The molecule has 0 nitrogen and oxygen atoms in total. The summed E-state index contributed by atoms with van der Waals surface area (Å²) >= 11 is 5.55. The summed E-state index contributed by atoms with van der Waals surface area (Å²) in [5.41, 5.74) is 12.5. The first-order valence-corrected chi connectivity index (χ1v) is 18.2. The number of hydrogen-bond acceptors (Lipinski definition) is 3. The van der Waals surface area contributed by atoms with Crippen LogP contribution in [0.15, 0.2) is 86.0 Å². The molecule has 1 aliphatic rings. The number of thiophene rings is 3. The zero-order chi connectivity index (χ0) is 33.0. The maximum Gasteiger partial charge on any atom is 0.0434 e. The van der Waals surface area contributed by atoms with E-state index < -0.39 is 0 Å². The van der Waals surface area contributed by atoms with Crippen LogP contribution in [-0.2, 0) is 0 Å². The van der Waals surface area contributed by atoms with Gasteiger partial charge in [0.1, 0.15) is 0 Å². The van der Waals surface area contributed by atoms with Crippen LogP contribution in [0.2, 0.25) is 0 Å². The standard InChI is InChI=1S/C43H42S3/c1-10-17-21-33(40-28(9)29(13-4)39(45-40)20-12-3)30(14-5)41-31(15-6)37-26-27(8)24-25-36(43(37)46-41)35-23-18-22-34-32(19-11-2)38(16-7)44-42(34)35/h10-23,25-26H,4,6-7,24H2,1-3,5,8-9H3/b17-10-,19-11-,20-12-,30-14-,33-21-. The highest BCUT2D eigenvalue weighted by molar-refractivity contribution is 7.20. The van der Waals surface area contributed by atoms with Crippen molar-refractivity contribution in [1.82, 2.24) is 0 Å². The molecule has 0 saturated heterocycles. The van der Waals surface area contributed by atoms with E-state index in [9.17, 15) is 0 Å². The lowest BCUT2D eigenvalue weighted by molar-refractivity contribution is 1.24. The molecule has 3 heterocycles. The van der Waals surface area contributed by atoms with Gasteiger partial charge in [0.05, 0.1) is 0 Å². The van der Waals surface area contributed by atoms with Crippen molar-refractivity contribution in [3.8, 4) is 0 Å². The normalized spacial score (nSPS) is 14.3. The predicted molar refractivity (Wildman–Crippen MR) is 217 cm³/mol. The molecule has 0 saturated carbocycles. The van der Waals surface area contributed by atoms with Crippen LogP contribution in [0, 0.1) is 6.92 Å². The fourth-order valence-electron chi connectivity index (χ4n) is 6.18. The van der Waals surface area contributed by atoms with Gasteiger partial charge < -0.3 is 0 Å². The number of fused-ring (bicyclic) bond motifs is 2. The van der Waals surface area contributed by atoms with Gasteiger partial charge in [-0.15, -0.1) is 34.0 Å². The van der Waals surface area contributed by atoms with Crippen molar-refractivity contribution in [3.05, 3.63) is 144 Å². The Hall–Kier alpha value is -4.02. The molecule has 0 bridgehead atoms. The Labute approximate surface area is 287 Å². The first kappa shape index (κ1) is 33.3. The summed E-state index contributed by atoms with van der Waals surface area (Å²) < 4.78 is 1.31. The van der Waals surface area contributed by atoms with Gasteiger partial charge in [-0.25, -0.2) is 0 Å². The van der Waals surface area contributed by atoms with Gasteiger partial charge in [0, 0.05) is 56.7 Å². The second kappa shape index (κ2) is 14.6. The van der Waals surface area contributed by atoms with Crippen LogP contribution in [0.3, 0.4) is 0 Å². The molecule has 0 aliphatic heterocycles. The molecule has 0 unspecified atom stereocenters. The van der Waals surface area contributed by atoms with Gasteiger partial charge in [-0.3, -0.25) is 0 Å². The Kier molecular flexibility index (Phi) is 10.6. The summed E-state index contributed by atoms with van der Waals surface area (Å²) in [6, 6.07) is 6.73. The van der Waals surface area contributed by atoms with E-state index in [1.54, 1.807) is 0 Å². The maximum absolute atomic E-state index is 4.37. The third-order valence-corrected chi connectivity index (χ3v) is 12.2. The summed E-state index contributed by atoms with van der Waals surface area (Å²) in [6.07, 6.45) is 29.2. The highest BCUT2D eigenvalue weighted by atomic mass is 32.1. The molecule has 0 fully saturated rings. The predicted octanol–water partition coefficient (Wildman–Crippen LogP) is 14.6. The monoisotopic (exact) mass is 654 g/mol. The van der Waals surface area contributed by atoms with Crippen molar-refractivity contribution in [2.75, 3.05) is 0 Å². The van der Waals surface area contributed by atoms with Crippen LogP contribution in [0.25, 0.3) is 63.3 Å². The zero-order valence-electron chi connectivity index (χ0n) is 27.8. The minimum absolute atomic E-state index is 0.913. The molecule has 46 heavy (non-hydrogen) atoms. The number of allylic oxidation sites excluding steroid dienone is 10.